The van der Waals surface area contributed by atoms with E-state index in [-0.39, 0.29) is 6.42 Å². The molecule has 0 saturated carbocycles. The summed E-state index contributed by atoms with van der Waals surface area (Å²) in [6.45, 7) is 0.816. The third kappa shape index (κ3) is 4.33. The second kappa shape index (κ2) is 9.49. The van der Waals surface area contributed by atoms with E-state index in [9.17, 15) is 42.1 Å². The fourth-order valence-electron chi connectivity index (χ4n) is 2.72. The Bertz CT molecular complexity index is 993. The summed E-state index contributed by atoms with van der Waals surface area (Å²) in [5.41, 5.74) is -2.90. The van der Waals surface area contributed by atoms with Crippen LogP contribution in [0.1, 0.15) is 30.5 Å². The normalized spacial score (nSPS) is 13.8. The van der Waals surface area contributed by atoms with E-state index in [0.717, 1.165) is 0 Å². The first kappa shape index (κ1) is 23.0. The van der Waals surface area contributed by atoms with Crippen molar-refractivity contribution in [1.82, 2.24) is 0 Å². The van der Waals surface area contributed by atoms with Crippen LogP contribution in [-0.2, 0) is 4.79 Å². The van der Waals surface area contributed by atoms with Gasteiger partial charge in [-0.2, -0.15) is 0 Å². The number of carboxylic acids is 1. The second-order valence-electron chi connectivity index (χ2n) is 6.01. The quantitative estimate of drug-likeness (QED) is 0.153. The van der Waals surface area contributed by atoms with Crippen molar-refractivity contribution >= 4 is 17.4 Å². The highest BCUT2D eigenvalue weighted by molar-refractivity contribution is 6.23. The lowest BCUT2D eigenvalue weighted by Crippen LogP contribution is -2.18. The van der Waals surface area contributed by atoms with E-state index in [1.54, 1.807) is 30.3 Å². The molecule has 2 rings (SSSR count). The van der Waals surface area contributed by atoms with Crippen LogP contribution < -0.4 is 0 Å². The number of aliphatic imine (C=N–C) groups is 1. The SMILES string of the molecule is CCC(=N[C@H](CO)c1ccccc1)C(C(=O)O)=C(O)c1c(F)c(F)c(F)c(F)c1F. The standard InChI is InChI=1S/C20H16F5NO4/c1-2-10(26-11(8-27)9-6-4-3-5-7-9)12(20(29)30)19(28)13-14(21)16(23)18(25)17(24)15(13)22/h3-7,11,27-28H,2,8H2,1H3,(H,29,30)/t11-/m1/s1. The zero-order valence-corrected chi connectivity index (χ0v) is 15.5. The molecule has 0 aliphatic rings. The predicted molar refractivity (Wildman–Crippen MR) is 97.4 cm³/mol. The van der Waals surface area contributed by atoms with Gasteiger partial charge in [-0.15, -0.1) is 0 Å². The molecule has 0 amide bonds. The molecule has 0 saturated heterocycles. The number of halogens is 5. The highest BCUT2D eigenvalue weighted by Gasteiger charge is 2.32. The molecule has 30 heavy (non-hydrogen) atoms. The van der Waals surface area contributed by atoms with Crippen molar-refractivity contribution in [2.24, 2.45) is 4.99 Å². The first-order valence-corrected chi connectivity index (χ1v) is 8.56. The molecular formula is C20H16F5NO4. The highest BCUT2D eigenvalue weighted by atomic mass is 19.2. The van der Waals surface area contributed by atoms with E-state index in [1.165, 1.54) is 6.92 Å². The van der Waals surface area contributed by atoms with E-state index in [1.807, 2.05) is 0 Å². The van der Waals surface area contributed by atoms with Gasteiger partial charge in [0.05, 0.1) is 23.9 Å². The lowest BCUT2D eigenvalue weighted by molar-refractivity contribution is -0.132. The summed E-state index contributed by atoms with van der Waals surface area (Å²) in [4.78, 5) is 15.7. The number of aliphatic hydroxyl groups is 2. The van der Waals surface area contributed by atoms with Gasteiger partial charge < -0.3 is 15.3 Å². The van der Waals surface area contributed by atoms with Gasteiger partial charge in [0.1, 0.15) is 11.3 Å². The fraction of sp³-hybridized carbons (Fsp3) is 0.200. The van der Waals surface area contributed by atoms with Gasteiger partial charge in [-0.05, 0) is 12.0 Å². The minimum atomic E-state index is -2.45. The summed E-state index contributed by atoms with van der Waals surface area (Å²) >= 11 is 0. The average molecular weight is 429 g/mol. The van der Waals surface area contributed by atoms with Crippen LogP contribution in [0.15, 0.2) is 40.9 Å². The lowest BCUT2D eigenvalue weighted by Gasteiger charge is -2.15. The van der Waals surface area contributed by atoms with Crippen molar-refractivity contribution in [3.05, 3.63) is 76.1 Å². The Balaban J connectivity index is 2.76. The van der Waals surface area contributed by atoms with Crippen LogP contribution in [0.25, 0.3) is 5.76 Å². The van der Waals surface area contributed by atoms with Gasteiger partial charge in [0.25, 0.3) is 0 Å². The molecular weight excluding hydrogens is 413 g/mol. The molecule has 5 nitrogen and oxygen atoms in total. The zero-order valence-electron chi connectivity index (χ0n) is 15.5. The van der Waals surface area contributed by atoms with E-state index < -0.39 is 70.3 Å². The molecule has 3 N–H and O–H groups in total. The maximum absolute atomic E-state index is 14.0. The van der Waals surface area contributed by atoms with E-state index in [4.69, 9.17) is 0 Å². The molecule has 160 valence electrons. The van der Waals surface area contributed by atoms with Crippen molar-refractivity contribution in [2.75, 3.05) is 6.61 Å². The van der Waals surface area contributed by atoms with Gasteiger partial charge in [0.2, 0.25) is 5.82 Å². The number of aliphatic hydroxyl groups excluding tert-OH is 2. The van der Waals surface area contributed by atoms with Gasteiger partial charge in [-0.3, -0.25) is 4.99 Å². The second-order valence-corrected chi connectivity index (χ2v) is 6.01. The largest absolute Gasteiger partial charge is 0.506 e. The molecule has 2 aromatic carbocycles. The number of rotatable bonds is 7. The molecule has 0 radical (unpaired) electrons. The predicted octanol–water partition coefficient (Wildman–Crippen LogP) is 4.32. The van der Waals surface area contributed by atoms with Gasteiger partial charge in [-0.1, -0.05) is 37.3 Å². The van der Waals surface area contributed by atoms with Crippen LogP contribution in [0.3, 0.4) is 0 Å². The van der Waals surface area contributed by atoms with E-state index in [0.29, 0.717) is 5.56 Å². The van der Waals surface area contributed by atoms with Gasteiger partial charge in [0, 0.05) is 0 Å². The molecule has 0 spiro atoms. The minimum absolute atomic E-state index is 0.204. The average Bonchev–Trinajstić information content (AvgIpc) is 2.74. The van der Waals surface area contributed by atoms with Crippen LogP contribution in [-0.4, -0.2) is 33.6 Å². The third-order valence-corrected chi connectivity index (χ3v) is 4.19. The fourth-order valence-corrected chi connectivity index (χ4v) is 2.72. The number of aliphatic carboxylic acids is 1. The molecule has 0 bridgehead atoms. The van der Waals surface area contributed by atoms with Crippen LogP contribution in [0.4, 0.5) is 22.0 Å². The molecule has 0 aliphatic carbocycles. The molecule has 1 atom stereocenters. The smallest absolute Gasteiger partial charge is 0.341 e. The number of carbonyl (C=O) groups is 1. The van der Waals surface area contributed by atoms with E-state index >= 15 is 0 Å². The first-order chi connectivity index (χ1) is 14.1. The summed E-state index contributed by atoms with van der Waals surface area (Å²) in [7, 11) is 0. The van der Waals surface area contributed by atoms with Crippen molar-refractivity contribution in [3.8, 4) is 0 Å². The number of nitrogens with zero attached hydrogens (tertiary/aromatic N) is 1. The monoisotopic (exact) mass is 429 g/mol. The minimum Gasteiger partial charge on any atom is -0.506 e. The van der Waals surface area contributed by atoms with Gasteiger partial charge >= 0.3 is 5.97 Å². The number of hydrogen-bond donors (Lipinski definition) is 3. The summed E-state index contributed by atoms with van der Waals surface area (Å²) in [5.74, 6) is -15.5. The maximum Gasteiger partial charge on any atom is 0.341 e. The molecule has 0 fully saturated rings. The Hall–Kier alpha value is -3.27. The summed E-state index contributed by atoms with van der Waals surface area (Å²) in [5, 5.41) is 29.3. The Morgan fingerprint density at radius 3 is 1.87 bits per heavy atom. The Morgan fingerprint density at radius 2 is 1.43 bits per heavy atom. The van der Waals surface area contributed by atoms with Crippen molar-refractivity contribution in [3.63, 3.8) is 0 Å². The molecule has 0 aromatic heterocycles. The Kier molecular flexibility index (Phi) is 7.28. The highest BCUT2D eigenvalue weighted by Crippen LogP contribution is 2.30. The van der Waals surface area contributed by atoms with Crippen molar-refractivity contribution < 1.29 is 42.1 Å². The summed E-state index contributed by atoms with van der Waals surface area (Å²) < 4.78 is 68.3. The number of benzene rings is 2. The lowest BCUT2D eigenvalue weighted by atomic mass is 10.00. The van der Waals surface area contributed by atoms with Crippen LogP contribution in [0.5, 0.6) is 0 Å². The molecule has 2 aromatic rings. The molecule has 0 unspecified atom stereocenters. The summed E-state index contributed by atoms with van der Waals surface area (Å²) in [6, 6.07) is 7.08. The topological polar surface area (TPSA) is 90.1 Å². The van der Waals surface area contributed by atoms with Crippen molar-refractivity contribution in [2.45, 2.75) is 19.4 Å². The van der Waals surface area contributed by atoms with Gasteiger partial charge in [-0.25, -0.2) is 26.7 Å². The van der Waals surface area contributed by atoms with Gasteiger partial charge in [0.15, 0.2) is 23.3 Å². The Morgan fingerprint density at radius 1 is 0.933 bits per heavy atom. The summed E-state index contributed by atoms with van der Waals surface area (Å²) in [6.07, 6.45) is -0.204. The molecule has 10 heteroatoms. The van der Waals surface area contributed by atoms with E-state index in [2.05, 4.69) is 4.99 Å². The zero-order chi connectivity index (χ0) is 22.6. The number of hydrogen-bond acceptors (Lipinski definition) is 4. The van der Waals surface area contributed by atoms with Crippen LogP contribution in [0, 0.1) is 29.1 Å². The first-order valence-electron chi connectivity index (χ1n) is 8.56. The molecule has 0 heterocycles. The van der Waals surface area contributed by atoms with Crippen molar-refractivity contribution in [1.29, 1.82) is 0 Å². The number of carboxylic acid groups (broad SMARTS) is 1. The maximum atomic E-state index is 14.0. The Labute approximate surface area is 167 Å². The van der Waals surface area contributed by atoms with Crippen LogP contribution in [0.2, 0.25) is 0 Å². The molecule has 0 aliphatic heterocycles. The van der Waals surface area contributed by atoms with Crippen LogP contribution >= 0.6 is 0 Å². The third-order valence-electron chi connectivity index (χ3n) is 4.19.